The van der Waals surface area contributed by atoms with E-state index < -0.39 is 10.0 Å². The summed E-state index contributed by atoms with van der Waals surface area (Å²) in [5, 5.41) is 5.28. The third-order valence-corrected chi connectivity index (χ3v) is 5.45. The van der Waals surface area contributed by atoms with Gasteiger partial charge in [0.15, 0.2) is 0 Å². The van der Waals surface area contributed by atoms with Crippen molar-refractivity contribution in [3.05, 3.63) is 47.5 Å². The van der Waals surface area contributed by atoms with Gasteiger partial charge in [0.1, 0.15) is 12.4 Å². The Morgan fingerprint density at radius 2 is 1.89 bits per heavy atom. The number of benzene rings is 2. The first-order valence-corrected chi connectivity index (χ1v) is 9.71. The van der Waals surface area contributed by atoms with E-state index >= 15 is 0 Å². The molecule has 0 bridgehead atoms. The molecule has 0 saturated carbocycles. The van der Waals surface area contributed by atoms with Crippen LogP contribution in [-0.4, -0.2) is 33.4 Å². The number of nitrogens with one attached hydrogen (secondary N) is 3. The predicted molar refractivity (Wildman–Crippen MR) is 101 cm³/mol. The Labute approximate surface area is 157 Å². The van der Waals surface area contributed by atoms with Gasteiger partial charge in [-0.2, -0.15) is 0 Å². The Morgan fingerprint density at radius 3 is 2.59 bits per heavy atom. The predicted octanol–water partition coefficient (Wildman–Crippen LogP) is 1.88. The van der Waals surface area contributed by atoms with Crippen LogP contribution in [0.3, 0.4) is 0 Å². The number of aryl methyl sites for hydroxylation is 1. The second-order valence-corrected chi connectivity index (χ2v) is 7.73. The zero-order valence-electron chi connectivity index (χ0n) is 14.8. The van der Waals surface area contributed by atoms with Crippen molar-refractivity contribution in [2.75, 3.05) is 23.2 Å². The van der Waals surface area contributed by atoms with Crippen molar-refractivity contribution in [1.82, 2.24) is 5.32 Å². The Bertz CT molecular complexity index is 1020. The molecule has 0 saturated heterocycles. The van der Waals surface area contributed by atoms with E-state index in [1.54, 1.807) is 19.1 Å². The van der Waals surface area contributed by atoms with Gasteiger partial charge < -0.3 is 15.4 Å². The van der Waals surface area contributed by atoms with Crippen LogP contribution >= 0.6 is 0 Å². The molecule has 142 valence electrons. The SMILES string of the molecule is CC(=O)Nc1ccc(S(=O)(=O)Nc2ccc3c(c2)C(=O)NCCO3)c(C)c1. The van der Waals surface area contributed by atoms with Crippen LogP contribution in [0.1, 0.15) is 22.8 Å². The Hall–Kier alpha value is -3.07. The highest BCUT2D eigenvalue weighted by Gasteiger charge is 2.21. The topological polar surface area (TPSA) is 114 Å². The maximum absolute atomic E-state index is 12.7. The largest absolute Gasteiger partial charge is 0.491 e. The summed E-state index contributed by atoms with van der Waals surface area (Å²) in [6.45, 7) is 3.75. The van der Waals surface area contributed by atoms with Gasteiger partial charge in [0.05, 0.1) is 17.0 Å². The van der Waals surface area contributed by atoms with Crippen LogP contribution in [0.15, 0.2) is 41.3 Å². The molecule has 3 N–H and O–H groups in total. The highest BCUT2D eigenvalue weighted by Crippen LogP contribution is 2.27. The maximum atomic E-state index is 12.7. The fourth-order valence-electron chi connectivity index (χ4n) is 2.76. The summed E-state index contributed by atoms with van der Waals surface area (Å²) in [6.07, 6.45) is 0. The van der Waals surface area contributed by atoms with Gasteiger partial charge in [-0.1, -0.05) is 0 Å². The molecule has 2 aromatic rings. The number of ether oxygens (including phenoxy) is 1. The van der Waals surface area contributed by atoms with E-state index in [1.807, 2.05) is 0 Å². The van der Waals surface area contributed by atoms with Gasteiger partial charge in [-0.15, -0.1) is 0 Å². The van der Waals surface area contributed by atoms with E-state index in [0.29, 0.717) is 30.2 Å². The minimum Gasteiger partial charge on any atom is -0.491 e. The van der Waals surface area contributed by atoms with Gasteiger partial charge in [0.2, 0.25) is 5.91 Å². The second kappa shape index (κ2) is 7.28. The normalized spacial score (nSPS) is 13.6. The van der Waals surface area contributed by atoms with E-state index in [0.717, 1.165) is 0 Å². The number of carbonyl (C=O) groups is 2. The Kier molecular flexibility index (Phi) is 5.04. The van der Waals surface area contributed by atoms with Crippen molar-refractivity contribution in [3.8, 4) is 5.75 Å². The third-order valence-electron chi connectivity index (χ3n) is 3.91. The Morgan fingerprint density at radius 1 is 1.15 bits per heavy atom. The molecule has 0 fully saturated rings. The quantitative estimate of drug-likeness (QED) is 0.739. The lowest BCUT2D eigenvalue weighted by molar-refractivity contribution is -0.114. The third kappa shape index (κ3) is 4.20. The molecule has 1 aliphatic heterocycles. The van der Waals surface area contributed by atoms with E-state index in [1.165, 1.54) is 31.2 Å². The number of sulfonamides is 1. The van der Waals surface area contributed by atoms with Crippen molar-refractivity contribution in [2.24, 2.45) is 0 Å². The minimum atomic E-state index is -3.88. The molecule has 0 aromatic heterocycles. The molecule has 27 heavy (non-hydrogen) atoms. The molecule has 0 unspecified atom stereocenters. The molecule has 3 rings (SSSR count). The number of anilines is 2. The average Bonchev–Trinajstić information content (AvgIpc) is 2.75. The molecule has 9 heteroatoms. The summed E-state index contributed by atoms with van der Waals surface area (Å²) >= 11 is 0. The van der Waals surface area contributed by atoms with Crippen LogP contribution in [0, 0.1) is 6.92 Å². The van der Waals surface area contributed by atoms with Crippen LogP contribution in [-0.2, 0) is 14.8 Å². The maximum Gasteiger partial charge on any atom is 0.262 e. The molecular weight excluding hydrogens is 370 g/mol. The first-order valence-electron chi connectivity index (χ1n) is 8.22. The summed E-state index contributed by atoms with van der Waals surface area (Å²) in [7, 11) is -3.88. The first kappa shape index (κ1) is 18.7. The lowest BCUT2D eigenvalue weighted by Gasteiger charge is -2.13. The van der Waals surface area contributed by atoms with E-state index in [-0.39, 0.29) is 28.0 Å². The number of hydrogen-bond acceptors (Lipinski definition) is 5. The highest BCUT2D eigenvalue weighted by molar-refractivity contribution is 7.92. The van der Waals surface area contributed by atoms with Gasteiger partial charge in [0, 0.05) is 18.3 Å². The van der Waals surface area contributed by atoms with E-state index in [9.17, 15) is 18.0 Å². The van der Waals surface area contributed by atoms with Crippen LogP contribution in [0.2, 0.25) is 0 Å². The van der Waals surface area contributed by atoms with Crippen molar-refractivity contribution in [1.29, 1.82) is 0 Å². The molecule has 1 aliphatic rings. The first-order chi connectivity index (χ1) is 12.8. The van der Waals surface area contributed by atoms with Gasteiger partial charge in [-0.05, 0) is 48.9 Å². The van der Waals surface area contributed by atoms with Crippen molar-refractivity contribution in [3.63, 3.8) is 0 Å². The molecule has 1 heterocycles. The van der Waals surface area contributed by atoms with Crippen LogP contribution < -0.4 is 20.1 Å². The zero-order valence-corrected chi connectivity index (χ0v) is 15.6. The van der Waals surface area contributed by atoms with Crippen LogP contribution in [0.4, 0.5) is 11.4 Å². The summed E-state index contributed by atoms with van der Waals surface area (Å²) < 4.78 is 33.4. The number of fused-ring (bicyclic) bond motifs is 1. The fraction of sp³-hybridized carbons (Fsp3) is 0.222. The Balaban J connectivity index is 1.89. The number of rotatable bonds is 4. The molecule has 2 amide bonds. The molecule has 0 aliphatic carbocycles. The summed E-state index contributed by atoms with van der Waals surface area (Å²) in [4.78, 5) is 23.3. The molecule has 0 radical (unpaired) electrons. The lowest BCUT2D eigenvalue weighted by atomic mass is 10.1. The average molecular weight is 389 g/mol. The molecular formula is C18H19N3O5S. The molecule has 0 atom stereocenters. The number of hydrogen-bond donors (Lipinski definition) is 3. The van der Waals surface area contributed by atoms with Gasteiger partial charge in [0.25, 0.3) is 15.9 Å². The van der Waals surface area contributed by atoms with E-state index in [2.05, 4.69) is 15.4 Å². The minimum absolute atomic E-state index is 0.0762. The molecule has 8 nitrogen and oxygen atoms in total. The fourth-order valence-corrected chi connectivity index (χ4v) is 4.04. The van der Waals surface area contributed by atoms with Crippen LogP contribution in [0.5, 0.6) is 5.75 Å². The summed E-state index contributed by atoms with van der Waals surface area (Å²) in [5.74, 6) is -0.156. The van der Waals surface area contributed by atoms with Gasteiger partial charge in [-0.3, -0.25) is 14.3 Å². The van der Waals surface area contributed by atoms with Crippen molar-refractivity contribution in [2.45, 2.75) is 18.7 Å². The second-order valence-electron chi connectivity index (χ2n) is 6.08. The monoisotopic (exact) mass is 389 g/mol. The van der Waals surface area contributed by atoms with E-state index in [4.69, 9.17) is 4.74 Å². The number of carbonyl (C=O) groups excluding carboxylic acids is 2. The molecule has 0 spiro atoms. The van der Waals surface area contributed by atoms with Crippen molar-refractivity contribution >= 4 is 33.2 Å². The molecule has 2 aromatic carbocycles. The summed E-state index contributed by atoms with van der Waals surface area (Å²) in [6, 6.07) is 9.05. The van der Waals surface area contributed by atoms with Crippen molar-refractivity contribution < 1.29 is 22.7 Å². The lowest BCUT2D eigenvalue weighted by Crippen LogP contribution is -2.24. The van der Waals surface area contributed by atoms with Gasteiger partial charge in [-0.25, -0.2) is 8.42 Å². The standard InChI is InChI=1S/C18H19N3O5S/c1-11-9-13(20-12(2)22)4-6-17(11)27(24,25)21-14-3-5-16-15(10-14)18(23)19-7-8-26-16/h3-6,9-10,21H,7-8H2,1-2H3,(H,19,23)(H,20,22). The highest BCUT2D eigenvalue weighted by atomic mass is 32.2. The van der Waals surface area contributed by atoms with Gasteiger partial charge >= 0.3 is 0 Å². The number of amides is 2. The van der Waals surface area contributed by atoms with Crippen LogP contribution in [0.25, 0.3) is 0 Å². The summed E-state index contributed by atoms with van der Waals surface area (Å²) in [5.41, 5.74) is 1.51. The zero-order chi connectivity index (χ0) is 19.6. The smallest absolute Gasteiger partial charge is 0.262 e.